The van der Waals surface area contributed by atoms with E-state index in [1.54, 1.807) is 6.07 Å². The van der Waals surface area contributed by atoms with Gasteiger partial charge in [-0.05, 0) is 30.3 Å². The summed E-state index contributed by atoms with van der Waals surface area (Å²) in [6, 6.07) is 11.3. The van der Waals surface area contributed by atoms with E-state index in [-0.39, 0.29) is 66.5 Å². The highest BCUT2D eigenvalue weighted by Crippen LogP contribution is 2.27. The molecule has 0 unspecified atom stereocenters. The number of nitriles is 3. The molecule has 0 N–H and O–H groups in total. The van der Waals surface area contributed by atoms with Crippen molar-refractivity contribution in [2.75, 3.05) is 0 Å². The molecular formula is C33H6F3N15. The number of fused-ring (bicyclic) bond motifs is 3. The first-order valence-electron chi connectivity index (χ1n) is 13.8. The first-order valence-corrected chi connectivity index (χ1v) is 13.8. The van der Waals surface area contributed by atoms with Crippen LogP contribution in [0.2, 0.25) is 0 Å². The van der Waals surface area contributed by atoms with Gasteiger partial charge in [0.1, 0.15) is 52.2 Å². The van der Waals surface area contributed by atoms with Gasteiger partial charge < -0.3 is 0 Å². The predicted octanol–water partition coefficient (Wildman–Crippen LogP) is 2.05. The van der Waals surface area contributed by atoms with E-state index in [1.807, 2.05) is 12.1 Å². The highest BCUT2D eigenvalue weighted by Gasteiger charge is 2.26. The molecule has 1 aromatic heterocycles. The molecule has 4 heterocycles. The monoisotopic (exact) mass is 669 g/mol. The SMILES string of the molecule is [C-]#[N+]/C(=C1\N=c2cc(F)cc(C#N)c2=N1)c1nc(/C(C#N)=C2/N=c3cc(F)cc([N+]#[C-])c3=N2)nc(/C(C#N)=C2/N=c3cc(F)cc([N+]#[C-])c3=N2)n1. The molecule has 3 aliphatic rings. The average Bonchev–Trinajstić information content (AvgIpc) is 3.85. The lowest BCUT2D eigenvalue weighted by molar-refractivity contribution is 0.624. The minimum atomic E-state index is -0.784. The van der Waals surface area contributed by atoms with E-state index >= 15 is 0 Å². The average molecular weight is 670 g/mol. The highest BCUT2D eigenvalue weighted by molar-refractivity contribution is 5.81. The van der Waals surface area contributed by atoms with Crippen LogP contribution in [-0.4, -0.2) is 15.0 Å². The van der Waals surface area contributed by atoms with Gasteiger partial charge in [-0.25, -0.2) is 72.6 Å². The zero-order chi connectivity index (χ0) is 36.0. The molecule has 0 fully saturated rings. The van der Waals surface area contributed by atoms with Crippen molar-refractivity contribution in [1.29, 1.82) is 15.8 Å². The van der Waals surface area contributed by atoms with Crippen LogP contribution in [0.3, 0.4) is 0 Å². The van der Waals surface area contributed by atoms with E-state index in [9.17, 15) is 29.0 Å². The second-order valence-corrected chi connectivity index (χ2v) is 10.1. The van der Waals surface area contributed by atoms with Gasteiger partial charge in [-0.15, -0.1) is 0 Å². The third-order valence-electron chi connectivity index (χ3n) is 7.11. The molecule has 3 aliphatic heterocycles. The van der Waals surface area contributed by atoms with Crippen LogP contribution < -0.4 is 32.1 Å². The molecule has 234 valence electrons. The van der Waals surface area contributed by atoms with Crippen LogP contribution in [0, 0.1) is 71.2 Å². The van der Waals surface area contributed by atoms with Crippen molar-refractivity contribution >= 4 is 28.2 Å². The van der Waals surface area contributed by atoms with Gasteiger partial charge in [0.05, 0.1) is 52.1 Å². The topological polar surface area (TPSA) is 197 Å². The summed E-state index contributed by atoms with van der Waals surface area (Å²) in [6.45, 7) is 22.7. The molecule has 7 rings (SSSR count). The zero-order valence-corrected chi connectivity index (χ0v) is 24.8. The summed E-state index contributed by atoms with van der Waals surface area (Å²) in [7, 11) is 0. The minimum Gasteiger partial charge on any atom is -0.238 e. The van der Waals surface area contributed by atoms with Crippen molar-refractivity contribution in [1.82, 2.24) is 15.0 Å². The standard InChI is InChI=1S/C33H6F3N15/c1-40-19-5-15(35)8-22-25(19)47-28(43-22)17(11-38)30-49-31(18(12-39)29-44-23-9-16(36)6-20(41-2)26(23)48-29)51-33(50-30)27(42-3)32-45-21-7-14(34)4-13(10-37)24(21)46-32/h4-9H/b28-17-,29-18-,32-27+. The molecule has 0 saturated heterocycles. The maximum Gasteiger partial charge on any atom is 0.274 e. The van der Waals surface area contributed by atoms with Crippen LogP contribution in [0.25, 0.3) is 31.4 Å². The Bertz CT molecular complexity index is 2790. The lowest BCUT2D eigenvalue weighted by Gasteiger charge is -2.07. The van der Waals surface area contributed by atoms with Gasteiger partial charge in [0.25, 0.3) is 5.70 Å². The Morgan fingerprint density at radius 3 is 1.43 bits per heavy atom. The smallest absolute Gasteiger partial charge is 0.238 e. The maximum atomic E-state index is 14.2. The molecule has 0 saturated carbocycles. The van der Waals surface area contributed by atoms with Crippen molar-refractivity contribution in [3.8, 4) is 18.2 Å². The molecule has 18 heteroatoms. The first kappa shape index (κ1) is 31.0. The summed E-state index contributed by atoms with van der Waals surface area (Å²) in [5.74, 6) is -4.89. The molecule has 0 aliphatic carbocycles. The Morgan fingerprint density at radius 1 is 0.549 bits per heavy atom. The summed E-state index contributed by atoms with van der Waals surface area (Å²) in [5.41, 5.74) is -1.94. The van der Waals surface area contributed by atoms with Gasteiger partial charge in [0.2, 0.25) is 11.4 Å². The quantitative estimate of drug-likeness (QED) is 0.236. The Labute approximate surface area is 280 Å². The lowest BCUT2D eigenvalue weighted by atomic mass is 10.2. The Kier molecular flexibility index (Phi) is 7.24. The van der Waals surface area contributed by atoms with E-state index in [4.69, 9.17) is 19.7 Å². The Morgan fingerprint density at radius 2 is 0.980 bits per heavy atom. The van der Waals surface area contributed by atoms with Gasteiger partial charge in [-0.1, -0.05) is 0 Å². The molecule has 4 aromatic rings. The normalized spacial score (nSPS) is 15.7. The van der Waals surface area contributed by atoms with Crippen LogP contribution in [0.1, 0.15) is 23.0 Å². The molecule has 0 bridgehead atoms. The molecule has 0 amide bonds. The molecule has 51 heavy (non-hydrogen) atoms. The third kappa shape index (κ3) is 5.18. The number of hydrogen-bond acceptors (Lipinski definition) is 12. The maximum absolute atomic E-state index is 14.2. The van der Waals surface area contributed by atoms with E-state index in [0.717, 1.165) is 36.4 Å². The molecule has 3 aromatic carbocycles. The van der Waals surface area contributed by atoms with Gasteiger partial charge in [0.15, 0.2) is 34.9 Å². The number of aromatic nitrogens is 3. The zero-order valence-electron chi connectivity index (χ0n) is 24.8. The number of allylic oxidation sites excluding steroid dienone is 2. The molecule has 0 atom stereocenters. The molecular weight excluding hydrogens is 663 g/mol. The fourth-order valence-electron chi connectivity index (χ4n) is 4.95. The largest absolute Gasteiger partial charge is 0.274 e. The number of benzene rings is 3. The minimum absolute atomic E-state index is 0.0292. The highest BCUT2D eigenvalue weighted by atomic mass is 19.1. The summed E-state index contributed by atoms with van der Waals surface area (Å²) >= 11 is 0. The summed E-state index contributed by atoms with van der Waals surface area (Å²) in [4.78, 5) is 47.9. The third-order valence-corrected chi connectivity index (χ3v) is 7.11. The van der Waals surface area contributed by atoms with Crippen LogP contribution in [0.5, 0.6) is 0 Å². The Hall–Kier alpha value is -8.58. The van der Waals surface area contributed by atoms with Gasteiger partial charge in [0, 0.05) is 6.07 Å². The lowest BCUT2D eigenvalue weighted by Crippen LogP contribution is -2.25. The number of rotatable bonds is 3. The van der Waals surface area contributed by atoms with E-state index in [2.05, 4.69) is 59.4 Å². The van der Waals surface area contributed by atoms with Gasteiger partial charge >= 0.3 is 0 Å². The second kappa shape index (κ2) is 11.9. The summed E-state index contributed by atoms with van der Waals surface area (Å²) in [6.07, 6.45) is 0. The van der Waals surface area contributed by atoms with Crippen molar-refractivity contribution in [2.24, 2.45) is 30.0 Å². The van der Waals surface area contributed by atoms with Gasteiger partial charge in [-0.2, -0.15) is 15.8 Å². The van der Waals surface area contributed by atoms with Crippen LogP contribution in [-0.2, 0) is 0 Å². The summed E-state index contributed by atoms with van der Waals surface area (Å²) in [5, 5.41) is 29.8. The summed E-state index contributed by atoms with van der Waals surface area (Å²) < 4.78 is 42.6. The predicted molar refractivity (Wildman–Crippen MR) is 162 cm³/mol. The fourth-order valence-corrected chi connectivity index (χ4v) is 4.95. The van der Waals surface area contributed by atoms with E-state index in [0.29, 0.717) is 0 Å². The van der Waals surface area contributed by atoms with Crippen molar-refractivity contribution in [3.63, 3.8) is 0 Å². The Balaban J connectivity index is 1.53. The second-order valence-electron chi connectivity index (χ2n) is 10.1. The van der Waals surface area contributed by atoms with Crippen molar-refractivity contribution in [2.45, 2.75) is 0 Å². The van der Waals surface area contributed by atoms with E-state index in [1.165, 1.54) is 0 Å². The molecule has 0 radical (unpaired) electrons. The van der Waals surface area contributed by atoms with Crippen LogP contribution in [0.15, 0.2) is 83.8 Å². The fraction of sp³-hybridized carbons (Fsp3) is 0. The number of hydrogen-bond donors (Lipinski definition) is 0. The van der Waals surface area contributed by atoms with Crippen LogP contribution >= 0.6 is 0 Å². The number of halogens is 3. The molecule has 15 nitrogen and oxygen atoms in total. The van der Waals surface area contributed by atoms with Crippen molar-refractivity contribution in [3.05, 3.63) is 161 Å². The van der Waals surface area contributed by atoms with Crippen LogP contribution in [0.4, 0.5) is 24.5 Å². The van der Waals surface area contributed by atoms with Crippen molar-refractivity contribution < 1.29 is 13.2 Å². The van der Waals surface area contributed by atoms with Gasteiger partial charge in [-0.3, -0.25) is 0 Å². The van der Waals surface area contributed by atoms with E-state index < -0.39 is 51.8 Å². The molecule has 0 spiro atoms. The number of nitrogens with zero attached hydrogens (tertiary/aromatic N) is 15. The first-order chi connectivity index (χ1) is 24.7.